The molecule has 0 saturated carbocycles. The van der Waals surface area contributed by atoms with Gasteiger partial charge in [0.15, 0.2) is 0 Å². The number of hydrogen-bond acceptors (Lipinski definition) is 2. The Morgan fingerprint density at radius 1 is 1.40 bits per heavy atom. The average molecular weight is 213 g/mol. The van der Waals surface area contributed by atoms with Gasteiger partial charge in [-0.25, -0.2) is 4.79 Å². The van der Waals surface area contributed by atoms with E-state index in [0.717, 1.165) is 0 Å². The fourth-order valence-electron chi connectivity index (χ4n) is 1.65. The highest BCUT2D eigenvalue weighted by molar-refractivity contribution is 5.79. The highest BCUT2D eigenvalue weighted by Crippen LogP contribution is 2.02. The normalized spacial score (nSPS) is 16.9. The van der Waals surface area contributed by atoms with Crippen LogP contribution >= 0.6 is 0 Å². The second-order valence-corrected chi connectivity index (χ2v) is 3.54. The van der Waals surface area contributed by atoms with Crippen LogP contribution in [0.1, 0.15) is 20.3 Å². The number of carbonyl (C=O) groups is 2. The number of nitrogens with one attached hydrogen (secondary N) is 1. The van der Waals surface area contributed by atoms with Gasteiger partial charge >= 0.3 is 6.03 Å². The molecular weight excluding hydrogens is 194 g/mol. The number of hydrogen-bond donors (Lipinski definition) is 1. The average Bonchev–Trinajstić information content (AvgIpc) is 2.44. The zero-order valence-electron chi connectivity index (χ0n) is 9.45. The summed E-state index contributed by atoms with van der Waals surface area (Å²) >= 11 is 0. The Balaban J connectivity index is 2.54. The van der Waals surface area contributed by atoms with Crippen molar-refractivity contribution in [2.75, 3.05) is 32.7 Å². The number of rotatable bonds is 2. The number of amides is 3. The lowest BCUT2D eigenvalue weighted by Crippen LogP contribution is -2.44. The first-order valence-electron chi connectivity index (χ1n) is 5.49. The van der Waals surface area contributed by atoms with Crippen molar-refractivity contribution in [1.29, 1.82) is 0 Å². The monoisotopic (exact) mass is 213 g/mol. The van der Waals surface area contributed by atoms with Gasteiger partial charge in [-0.3, -0.25) is 4.79 Å². The highest BCUT2D eigenvalue weighted by Gasteiger charge is 2.21. The zero-order chi connectivity index (χ0) is 11.3. The van der Waals surface area contributed by atoms with Crippen LogP contribution in [0.2, 0.25) is 0 Å². The Labute approximate surface area is 90.4 Å². The summed E-state index contributed by atoms with van der Waals surface area (Å²) in [5.74, 6) is 0.0323. The van der Waals surface area contributed by atoms with Crippen molar-refractivity contribution >= 4 is 11.9 Å². The first-order valence-corrected chi connectivity index (χ1v) is 5.49. The molecule has 1 fully saturated rings. The van der Waals surface area contributed by atoms with Crippen LogP contribution in [-0.2, 0) is 4.79 Å². The number of nitrogens with zero attached hydrogens (tertiary/aromatic N) is 2. The van der Waals surface area contributed by atoms with Gasteiger partial charge in [0.2, 0.25) is 5.91 Å². The van der Waals surface area contributed by atoms with Gasteiger partial charge in [0.05, 0.1) is 0 Å². The van der Waals surface area contributed by atoms with Gasteiger partial charge in [0.25, 0.3) is 0 Å². The third-order valence-corrected chi connectivity index (χ3v) is 2.62. The van der Waals surface area contributed by atoms with E-state index in [1.165, 1.54) is 0 Å². The lowest BCUT2D eigenvalue weighted by atomic mass is 10.4. The maximum Gasteiger partial charge on any atom is 0.320 e. The lowest BCUT2D eigenvalue weighted by Gasteiger charge is -2.27. The third-order valence-electron chi connectivity index (χ3n) is 2.62. The Morgan fingerprint density at radius 3 is 2.67 bits per heavy atom. The van der Waals surface area contributed by atoms with Crippen LogP contribution in [-0.4, -0.2) is 54.5 Å². The molecule has 0 spiro atoms. The lowest BCUT2D eigenvalue weighted by molar-refractivity contribution is -0.120. The molecule has 1 aliphatic rings. The molecule has 15 heavy (non-hydrogen) atoms. The van der Waals surface area contributed by atoms with E-state index < -0.39 is 0 Å². The Hall–Kier alpha value is -1.26. The van der Waals surface area contributed by atoms with E-state index in [1.54, 1.807) is 9.80 Å². The molecule has 86 valence electrons. The van der Waals surface area contributed by atoms with Gasteiger partial charge in [-0.1, -0.05) is 0 Å². The molecule has 5 heteroatoms. The van der Waals surface area contributed by atoms with Crippen molar-refractivity contribution in [2.45, 2.75) is 20.3 Å². The molecule has 1 saturated heterocycles. The molecule has 5 nitrogen and oxygen atoms in total. The second kappa shape index (κ2) is 5.58. The molecule has 0 bridgehead atoms. The summed E-state index contributed by atoms with van der Waals surface area (Å²) in [6.45, 7) is 7.06. The van der Waals surface area contributed by atoms with Gasteiger partial charge in [-0.2, -0.15) is 0 Å². The second-order valence-electron chi connectivity index (χ2n) is 3.54. The minimum Gasteiger partial charge on any atom is -0.354 e. The van der Waals surface area contributed by atoms with Crippen LogP contribution < -0.4 is 5.32 Å². The molecule has 3 amide bonds. The molecule has 0 aromatic rings. The summed E-state index contributed by atoms with van der Waals surface area (Å²) in [5, 5.41) is 2.75. The molecule has 0 aromatic carbocycles. The molecule has 0 atom stereocenters. The van der Waals surface area contributed by atoms with E-state index in [1.807, 2.05) is 13.8 Å². The Bertz CT molecular complexity index is 239. The van der Waals surface area contributed by atoms with Crippen LogP contribution in [0.4, 0.5) is 4.79 Å². The summed E-state index contributed by atoms with van der Waals surface area (Å²) in [6.07, 6.45) is 0.410. The topological polar surface area (TPSA) is 52.7 Å². The van der Waals surface area contributed by atoms with Gasteiger partial charge in [-0.15, -0.1) is 0 Å². The third kappa shape index (κ3) is 3.11. The molecule has 1 heterocycles. The number of urea groups is 1. The van der Waals surface area contributed by atoms with Crippen LogP contribution in [0, 0.1) is 0 Å². The van der Waals surface area contributed by atoms with Gasteiger partial charge < -0.3 is 15.1 Å². The van der Waals surface area contributed by atoms with Crippen molar-refractivity contribution in [3.05, 3.63) is 0 Å². The Kier molecular flexibility index (Phi) is 4.39. The Morgan fingerprint density at radius 2 is 2.07 bits per heavy atom. The standard InChI is InChI=1S/C10H19N3O2/c1-3-12(4-2)10(15)13-7-5-9(14)11-6-8-13/h3-8H2,1-2H3,(H,11,14). The quantitative estimate of drug-likeness (QED) is 0.716. The molecule has 0 radical (unpaired) electrons. The summed E-state index contributed by atoms with van der Waals surface area (Å²) in [6, 6.07) is 0.0384. The minimum atomic E-state index is 0.0323. The van der Waals surface area contributed by atoms with Gasteiger partial charge in [0.1, 0.15) is 0 Å². The smallest absolute Gasteiger partial charge is 0.320 e. The van der Waals surface area contributed by atoms with E-state index in [-0.39, 0.29) is 11.9 Å². The van der Waals surface area contributed by atoms with Gasteiger partial charge in [0, 0.05) is 39.1 Å². The van der Waals surface area contributed by atoms with Crippen molar-refractivity contribution < 1.29 is 9.59 Å². The van der Waals surface area contributed by atoms with Crippen molar-refractivity contribution in [2.24, 2.45) is 0 Å². The summed E-state index contributed by atoms with van der Waals surface area (Å²) < 4.78 is 0. The SMILES string of the molecule is CCN(CC)C(=O)N1CCNC(=O)CC1. The van der Waals surface area contributed by atoms with Crippen LogP contribution in [0.15, 0.2) is 0 Å². The fourth-order valence-corrected chi connectivity index (χ4v) is 1.65. The molecule has 1 N–H and O–H groups in total. The highest BCUT2D eigenvalue weighted by atomic mass is 16.2. The minimum absolute atomic E-state index is 0.0323. The largest absolute Gasteiger partial charge is 0.354 e. The van der Waals surface area contributed by atoms with Crippen LogP contribution in [0.25, 0.3) is 0 Å². The van der Waals surface area contributed by atoms with E-state index in [4.69, 9.17) is 0 Å². The van der Waals surface area contributed by atoms with E-state index >= 15 is 0 Å². The molecule has 1 aliphatic heterocycles. The van der Waals surface area contributed by atoms with Crippen molar-refractivity contribution in [1.82, 2.24) is 15.1 Å². The van der Waals surface area contributed by atoms with E-state index in [0.29, 0.717) is 39.1 Å². The van der Waals surface area contributed by atoms with Crippen molar-refractivity contribution in [3.63, 3.8) is 0 Å². The maximum absolute atomic E-state index is 11.9. The van der Waals surface area contributed by atoms with E-state index in [9.17, 15) is 9.59 Å². The van der Waals surface area contributed by atoms with Crippen LogP contribution in [0.5, 0.6) is 0 Å². The predicted molar refractivity (Wildman–Crippen MR) is 57.5 cm³/mol. The molecule has 0 aromatic heterocycles. The molecule has 0 unspecified atom stereocenters. The summed E-state index contributed by atoms with van der Waals surface area (Å²) in [4.78, 5) is 26.5. The predicted octanol–water partition coefficient (Wildman–Crippen LogP) is 0.270. The molecule has 1 rings (SSSR count). The number of carbonyl (C=O) groups excluding carboxylic acids is 2. The first kappa shape index (κ1) is 11.8. The summed E-state index contributed by atoms with van der Waals surface area (Å²) in [5.41, 5.74) is 0. The summed E-state index contributed by atoms with van der Waals surface area (Å²) in [7, 11) is 0. The van der Waals surface area contributed by atoms with E-state index in [2.05, 4.69) is 5.32 Å². The maximum atomic E-state index is 11.9. The fraction of sp³-hybridized carbons (Fsp3) is 0.800. The zero-order valence-corrected chi connectivity index (χ0v) is 9.45. The molecule has 0 aliphatic carbocycles. The first-order chi connectivity index (χ1) is 7.19. The van der Waals surface area contributed by atoms with Gasteiger partial charge in [-0.05, 0) is 13.8 Å². The van der Waals surface area contributed by atoms with Crippen molar-refractivity contribution in [3.8, 4) is 0 Å². The molecular formula is C10H19N3O2. The van der Waals surface area contributed by atoms with Crippen LogP contribution in [0.3, 0.4) is 0 Å².